The molecule has 0 fully saturated rings. The summed E-state index contributed by atoms with van der Waals surface area (Å²) >= 11 is 0. The first-order valence-electron chi connectivity index (χ1n) is 11.9. The van der Waals surface area contributed by atoms with Crippen LogP contribution in [0.5, 0.6) is 11.5 Å². The Morgan fingerprint density at radius 3 is 1.48 bits per heavy atom. The smallest absolute Gasteiger partial charge is 0.384 e. The van der Waals surface area contributed by atoms with Gasteiger partial charge in [0.25, 0.3) is 0 Å². The van der Waals surface area contributed by atoms with Crippen molar-refractivity contribution in [3.05, 3.63) is 59.3 Å². The summed E-state index contributed by atoms with van der Waals surface area (Å²) < 4.78 is 55.1. The number of hydrogen-bond acceptors (Lipinski definition) is 13. The summed E-state index contributed by atoms with van der Waals surface area (Å²) in [5.74, 6) is 3.55. The van der Waals surface area contributed by atoms with Gasteiger partial charge in [0.15, 0.2) is 0 Å². The van der Waals surface area contributed by atoms with Gasteiger partial charge in [-0.3, -0.25) is 4.70 Å². The number of esters is 3. The van der Waals surface area contributed by atoms with E-state index in [1.54, 1.807) is 21.1 Å². The second-order valence-corrected chi connectivity index (χ2v) is 7.21. The number of ether oxygens (including phenoxy) is 5. The van der Waals surface area contributed by atoms with Gasteiger partial charge in [-0.05, 0) is 44.0 Å². The number of nitrogens with one attached hydrogen (secondary N) is 1. The van der Waals surface area contributed by atoms with E-state index >= 15 is 0 Å². The van der Waals surface area contributed by atoms with Crippen LogP contribution in [0.15, 0.2) is 48.2 Å². The summed E-state index contributed by atoms with van der Waals surface area (Å²) in [5.41, 5.74) is 10.0. The van der Waals surface area contributed by atoms with Gasteiger partial charge in [0.2, 0.25) is 0 Å². The molecule has 0 aliphatic heterocycles. The molecule has 0 aliphatic carbocycles. The Bertz CT molecular complexity index is 1240. The molecular weight excluding hydrogens is 659 g/mol. The molecule has 18 heteroatoms. The summed E-state index contributed by atoms with van der Waals surface area (Å²) in [7, 11) is 7.97. The summed E-state index contributed by atoms with van der Waals surface area (Å²) in [6, 6.07) is 11.4. The van der Waals surface area contributed by atoms with Crippen molar-refractivity contribution in [1.29, 1.82) is 0 Å². The molecule has 0 atom stereocenters. The lowest BCUT2D eigenvalue weighted by atomic mass is 10.2. The molecule has 0 spiro atoms. The van der Waals surface area contributed by atoms with Crippen LogP contribution >= 0.6 is 0 Å². The van der Waals surface area contributed by atoms with E-state index in [0.717, 1.165) is 41.1 Å². The number of halogens is 5. The van der Waals surface area contributed by atoms with Crippen molar-refractivity contribution >= 4 is 35.4 Å². The second kappa shape index (κ2) is 41.3. The molecule has 2 aromatic rings. The zero-order chi connectivity index (χ0) is 37.1. The first kappa shape index (κ1) is 57.9. The van der Waals surface area contributed by atoms with Crippen LogP contribution in [0.3, 0.4) is 0 Å². The van der Waals surface area contributed by atoms with Crippen molar-refractivity contribution in [1.82, 2.24) is 0 Å². The third-order valence-corrected chi connectivity index (χ3v) is 4.35. The average molecular weight is 703 g/mol. The van der Waals surface area contributed by atoms with Gasteiger partial charge in [-0.1, -0.05) is 19.6 Å². The van der Waals surface area contributed by atoms with Crippen molar-refractivity contribution in [3.63, 3.8) is 0 Å². The van der Waals surface area contributed by atoms with E-state index < -0.39 is 11.9 Å². The number of anilines is 2. The predicted molar refractivity (Wildman–Crippen MR) is 168 cm³/mol. The third-order valence-electron chi connectivity index (χ3n) is 4.35. The van der Waals surface area contributed by atoms with Crippen LogP contribution in [0.4, 0.5) is 34.4 Å². The standard InChI is InChI=1S/C13H17NO3.C8H11NO.C6H6O4.CO2.CH4O.CH4.2F2.FH/c1-9-5-6-11(8-12(9)16-3)14-10(2)7-13(15)17-4;1-6-3-4-7(9)5-8(6)10-2;1-9-5(7)3-4-6(8)10-2;2-1-3;1-2;;2*1-2;/h5-8,14H,1-4H3;3-5H,9H2,1-2H3;1-2H3;;2H,1H3;1H4;;;1H/b10-7+;;;;;;;;. The SMILES string of the molecule is C.CO.COC(=O)/C=C(\C)Nc1ccc(C)c(OC)c1.COC(=O)C#CC(=O)OC.COc1cc(N)ccc1C.F.FF.FF.O=C=O. The van der Waals surface area contributed by atoms with Gasteiger partial charge in [-0.15, -0.1) is 0 Å². The molecule has 0 amide bonds. The minimum Gasteiger partial charge on any atom is -0.496 e. The number of carbonyl (C=O) groups excluding carboxylic acids is 5. The summed E-state index contributed by atoms with van der Waals surface area (Å²) in [4.78, 5) is 47.7. The monoisotopic (exact) mass is 702 g/mol. The topological polar surface area (TPSA) is 190 Å². The number of aliphatic hydroxyl groups excluding tert-OH is 1. The van der Waals surface area contributed by atoms with Crippen LogP contribution in [0, 0.1) is 25.7 Å². The number of nitrogens with two attached hydrogens (primary N) is 1. The quantitative estimate of drug-likeness (QED) is 0.0726. The molecule has 0 saturated heterocycles. The third kappa shape index (κ3) is 33.2. The van der Waals surface area contributed by atoms with E-state index in [2.05, 4.69) is 19.5 Å². The Morgan fingerprint density at radius 1 is 0.771 bits per heavy atom. The lowest BCUT2D eigenvalue weighted by Gasteiger charge is -2.10. The van der Waals surface area contributed by atoms with Gasteiger partial charge >= 0.3 is 24.1 Å². The molecule has 2 aromatic carbocycles. The molecule has 0 heterocycles. The van der Waals surface area contributed by atoms with Gasteiger partial charge in [0, 0.05) is 72.5 Å². The lowest BCUT2D eigenvalue weighted by Crippen LogP contribution is -2.02. The molecule has 0 radical (unpaired) electrons. The number of carbonyl (C=O) groups is 3. The molecule has 13 nitrogen and oxygen atoms in total. The normalized spacial score (nSPS) is 7.83. The van der Waals surface area contributed by atoms with Crippen LogP contribution < -0.4 is 20.5 Å². The predicted octanol–water partition coefficient (Wildman–Crippen LogP) is 4.91. The number of hydrogen-bond donors (Lipinski definition) is 3. The molecular formula is C30H43F5N2O11. The van der Waals surface area contributed by atoms with E-state index in [1.807, 2.05) is 62.1 Å². The number of allylic oxidation sites excluding steroid dienone is 1. The number of rotatable bonds is 5. The highest BCUT2D eigenvalue weighted by atomic mass is 20.0. The minimum absolute atomic E-state index is 0. The average Bonchev–Trinajstić information content (AvgIpc) is 3.08. The Labute approximate surface area is 276 Å². The van der Waals surface area contributed by atoms with E-state index in [1.165, 1.54) is 27.4 Å². The van der Waals surface area contributed by atoms with Crippen LogP contribution in [0.1, 0.15) is 25.5 Å². The number of methoxy groups -OCH3 is 5. The molecule has 4 N–H and O–H groups in total. The van der Waals surface area contributed by atoms with Crippen LogP contribution in [-0.4, -0.2) is 71.8 Å². The van der Waals surface area contributed by atoms with Crippen molar-refractivity contribution in [2.45, 2.75) is 28.2 Å². The first-order chi connectivity index (χ1) is 21.9. The molecule has 48 heavy (non-hydrogen) atoms. The fourth-order valence-corrected chi connectivity index (χ4v) is 2.44. The van der Waals surface area contributed by atoms with Crippen LogP contribution in [0.25, 0.3) is 0 Å². The number of aryl methyl sites for hydroxylation is 2. The fourth-order valence-electron chi connectivity index (χ4n) is 2.44. The van der Waals surface area contributed by atoms with Gasteiger partial charge in [0.05, 0.1) is 35.5 Å². The molecule has 0 unspecified atom stereocenters. The highest BCUT2D eigenvalue weighted by Crippen LogP contribution is 2.23. The number of benzene rings is 2. The summed E-state index contributed by atoms with van der Waals surface area (Å²) in [6.45, 7) is 5.75. The van der Waals surface area contributed by atoms with Crippen molar-refractivity contribution in [2.75, 3.05) is 53.7 Å². The fraction of sp³-hybridized carbons (Fsp3) is 0.333. The highest BCUT2D eigenvalue weighted by Gasteiger charge is 2.02. The van der Waals surface area contributed by atoms with E-state index in [0.29, 0.717) is 5.70 Å². The largest absolute Gasteiger partial charge is 0.496 e. The molecule has 274 valence electrons. The second-order valence-electron chi connectivity index (χ2n) is 7.21. The van der Waals surface area contributed by atoms with Crippen molar-refractivity contribution < 1.29 is 75.8 Å². The Kier molecular flexibility index (Phi) is 49.9. The zero-order valence-electron chi connectivity index (χ0n) is 27.1. The van der Waals surface area contributed by atoms with Crippen LogP contribution in [0.2, 0.25) is 0 Å². The summed E-state index contributed by atoms with van der Waals surface area (Å²) in [6.07, 6.45) is 1.65. The molecule has 2 rings (SSSR count). The lowest BCUT2D eigenvalue weighted by molar-refractivity contribution is -0.191. The molecule has 0 aromatic heterocycles. The molecule has 0 bridgehead atoms. The van der Waals surface area contributed by atoms with Gasteiger partial charge in [-0.25, -0.2) is 14.4 Å². The minimum atomic E-state index is -0.759. The molecule has 0 saturated carbocycles. The van der Waals surface area contributed by atoms with E-state index in [-0.39, 0.29) is 24.3 Å². The van der Waals surface area contributed by atoms with Crippen LogP contribution in [-0.2, 0) is 38.2 Å². The van der Waals surface area contributed by atoms with E-state index in [4.69, 9.17) is 48.2 Å². The van der Waals surface area contributed by atoms with Gasteiger partial charge < -0.3 is 39.8 Å². The number of aliphatic hydroxyl groups is 1. The van der Waals surface area contributed by atoms with Crippen molar-refractivity contribution in [3.8, 4) is 23.3 Å². The van der Waals surface area contributed by atoms with Gasteiger partial charge in [-0.2, -0.15) is 9.59 Å². The first-order valence-corrected chi connectivity index (χ1v) is 11.9. The maximum absolute atomic E-state index is 11.0. The summed E-state index contributed by atoms with van der Waals surface area (Å²) in [5, 5.41) is 10.1. The molecule has 0 aliphatic rings. The Hall–Kier alpha value is -5.66. The maximum Gasteiger partial charge on any atom is 0.384 e. The number of nitrogen functional groups attached to an aromatic ring is 1. The highest BCUT2D eigenvalue weighted by molar-refractivity contribution is 5.98. The maximum atomic E-state index is 11.0. The van der Waals surface area contributed by atoms with E-state index in [9.17, 15) is 14.4 Å². The van der Waals surface area contributed by atoms with Gasteiger partial charge in [0.1, 0.15) is 11.5 Å². The van der Waals surface area contributed by atoms with Crippen molar-refractivity contribution in [2.24, 2.45) is 0 Å². The Balaban J connectivity index is -0.0000000950. The Morgan fingerprint density at radius 2 is 1.15 bits per heavy atom. The zero-order valence-corrected chi connectivity index (χ0v) is 27.1.